The first-order chi connectivity index (χ1) is 10.2. The van der Waals surface area contributed by atoms with Crippen molar-refractivity contribution in [1.82, 2.24) is 9.55 Å². The molecule has 0 unspecified atom stereocenters. The number of pyridine rings is 1. The van der Waals surface area contributed by atoms with Crippen LogP contribution in [-0.2, 0) is 7.05 Å². The highest BCUT2D eigenvalue weighted by atomic mass is 32.1. The number of hydrogen-bond acceptors (Lipinski definition) is 3. The summed E-state index contributed by atoms with van der Waals surface area (Å²) < 4.78 is 2.79. The number of hydrogen-bond donors (Lipinski definition) is 0. The normalized spacial score (nSPS) is 11.3. The molecule has 0 aliphatic heterocycles. The minimum Gasteiger partial charge on any atom is -0.317 e. The van der Waals surface area contributed by atoms with Gasteiger partial charge in [-0.15, -0.1) is 11.3 Å². The number of fused-ring (bicyclic) bond motifs is 2. The van der Waals surface area contributed by atoms with E-state index in [1.807, 2.05) is 48.7 Å². The van der Waals surface area contributed by atoms with Gasteiger partial charge in [-0.1, -0.05) is 30.3 Å². The van der Waals surface area contributed by atoms with E-state index in [1.165, 1.54) is 0 Å². The molecule has 0 atom stereocenters. The van der Waals surface area contributed by atoms with Gasteiger partial charge in [0.15, 0.2) is 0 Å². The van der Waals surface area contributed by atoms with Crippen LogP contribution in [0.4, 0.5) is 0 Å². The maximum Gasteiger partial charge on any atom is 0.258 e. The highest BCUT2D eigenvalue weighted by Crippen LogP contribution is 2.33. The Bertz CT molecular complexity index is 997. The maximum atomic E-state index is 12.2. The summed E-state index contributed by atoms with van der Waals surface area (Å²) in [6.45, 7) is 0. The Labute approximate surface area is 125 Å². The molecule has 0 saturated carbocycles. The second kappa shape index (κ2) is 4.53. The third-order valence-corrected chi connectivity index (χ3v) is 4.68. The average molecular weight is 292 g/mol. The average Bonchev–Trinajstić information content (AvgIpc) is 2.94. The molecule has 0 fully saturated rings. The molecule has 4 heteroatoms. The predicted molar refractivity (Wildman–Crippen MR) is 87.8 cm³/mol. The maximum absolute atomic E-state index is 12.2. The van der Waals surface area contributed by atoms with Crippen molar-refractivity contribution in [2.75, 3.05) is 0 Å². The number of rotatable bonds is 1. The Kier molecular flexibility index (Phi) is 2.65. The van der Waals surface area contributed by atoms with Crippen molar-refractivity contribution in [3.8, 4) is 10.6 Å². The molecule has 21 heavy (non-hydrogen) atoms. The van der Waals surface area contributed by atoms with Crippen LogP contribution < -0.4 is 5.56 Å². The highest BCUT2D eigenvalue weighted by Gasteiger charge is 2.12. The first kappa shape index (κ1) is 12.3. The molecule has 0 spiro atoms. The Morgan fingerprint density at radius 3 is 2.52 bits per heavy atom. The van der Waals surface area contributed by atoms with Crippen LogP contribution in [0, 0.1) is 0 Å². The number of thiazole rings is 1. The van der Waals surface area contributed by atoms with Crippen molar-refractivity contribution < 1.29 is 0 Å². The Balaban J connectivity index is 2.10. The fourth-order valence-electron chi connectivity index (χ4n) is 2.57. The highest BCUT2D eigenvalue weighted by molar-refractivity contribution is 7.21. The van der Waals surface area contributed by atoms with Crippen molar-refractivity contribution in [3.05, 3.63) is 65.1 Å². The molecule has 0 bridgehead atoms. The van der Waals surface area contributed by atoms with Crippen molar-refractivity contribution >= 4 is 32.3 Å². The molecule has 0 saturated heterocycles. The Morgan fingerprint density at radius 2 is 1.71 bits per heavy atom. The molecule has 2 heterocycles. The minimum atomic E-state index is 0.0236. The van der Waals surface area contributed by atoms with Gasteiger partial charge in [0.05, 0.1) is 10.2 Å². The van der Waals surface area contributed by atoms with E-state index in [0.717, 1.165) is 31.6 Å². The van der Waals surface area contributed by atoms with Crippen molar-refractivity contribution in [2.45, 2.75) is 0 Å². The van der Waals surface area contributed by atoms with E-state index in [-0.39, 0.29) is 5.56 Å². The van der Waals surface area contributed by atoms with Crippen LogP contribution in [0.5, 0.6) is 0 Å². The van der Waals surface area contributed by atoms with Gasteiger partial charge in [-0.2, -0.15) is 0 Å². The standard InChI is InChI=1S/C17H12N2OS/c1-19-10-13(11-6-2-3-7-12(11)17(19)20)16-18-14-8-4-5-9-15(14)21-16/h2-10H,1H3. The summed E-state index contributed by atoms with van der Waals surface area (Å²) in [6, 6.07) is 15.8. The molecular weight excluding hydrogens is 280 g/mol. The van der Waals surface area contributed by atoms with E-state index >= 15 is 0 Å². The molecule has 0 aliphatic carbocycles. The molecular formula is C17H12N2OS. The summed E-state index contributed by atoms with van der Waals surface area (Å²) >= 11 is 1.65. The van der Waals surface area contributed by atoms with Crippen LogP contribution in [0.2, 0.25) is 0 Å². The zero-order valence-electron chi connectivity index (χ0n) is 11.4. The fraction of sp³-hybridized carbons (Fsp3) is 0.0588. The van der Waals surface area contributed by atoms with Crippen molar-refractivity contribution in [2.24, 2.45) is 7.05 Å². The zero-order valence-corrected chi connectivity index (χ0v) is 12.2. The van der Waals surface area contributed by atoms with Gasteiger partial charge in [0.25, 0.3) is 5.56 Å². The summed E-state index contributed by atoms with van der Waals surface area (Å²) in [7, 11) is 1.78. The van der Waals surface area contributed by atoms with E-state index in [9.17, 15) is 4.79 Å². The van der Waals surface area contributed by atoms with Gasteiger partial charge < -0.3 is 4.57 Å². The fourth-order valence-corrected chi connectivity index (χ4v) is 3.56. The first-order valence-corrected chi connectivity index (χ1v) is 7.50. The smallest absolute Gasteiger partial charge is 0.258 e. The zero-order chi connectivity index (χ0) is 14.4. The van der Waals surface area contributed by atoms with E-state index < -0.39 is 0 Å². The van der Waals surface area contributed by atoms with Gasteiger partial charge in [0.1, 0.15) is 5.01 Å². The summed E-state index contributed by atoms with van der Waals surface area (Å²) in [6.07, 6.45) is 1.88. The topological polar surface area (TPSA) is 34.9 Å². The molecule has 0 amide bonds. The minimum absolute atomic E-state index is 0.0236. The van der Waals surface area contributed by atoms with E-state index in [2.05, 4.69) is 6.07 Å². The lowest BCUT2D eigenvalue weighted by molar-refractivity contribution is 0.874. The van der Waals surface area contributed by atoms with Crippen molar-refractivity contribution in [3.63, 3.8) is 0 Å². The van der Waals surface area contributed by atoms with Crippen LogP contribution in [0.25, 0.3) is 31.6 Å². The van der Waals surface area contributed by atoms with Crippen LogP contribution in [0.1, 0.15) is 0 Å². The van der Waals surface area contributed by atoms with E-state index in [1.54, 1.807) is 23.0 Å². The molecule has 2 aromatic heterocycles. The molecule has 0 aliphatic rings. The number of aryl methyl sites for hydroxylation is 1. The first-order valence-electron chi connectivity index (χ1n) is 6.68. The lowest BCUT2D eigenvalue weighted by Crippen LogP contribution is -2.16. The second-order valence-electron chi connectivity index (χ2n) is 4.99. The van der Waals surface area contributed by atoms with Gasteiger partial charge >= 0.3 is 0 Å². The number of nitrogens with zero attached hydrogens (tertiary/aromatic N) is 2. The largest absolute Gasteiger partial charge is 0.317 e. The third kappa shape index (κ3) is 1.87. The molecule has 4 rings (SSSR count). The quantitative estimate of drug-likeness (QED) is 0.534. The third-order valence-electron chi connectivity index (χ3n) is 3.62. The monoisotopic (exact) mass is 292 g/mol. The summed E-state index contributed by atoms with van der Waals surface area (Å²) in [4.78, 5) is 16.9. The van der Waals surface area contributed by atoms with E-state index in [0.29, 0.717) is 0 Å². The molecule has 0 N–H and O–H groups in total. The molecule has 3 nitrogen and oxygen atoms in total. The molecule has 0 radical (unpaired) electrons. The van der Waals surface area contributed by atoms with Crippen molar-refractivity contribution in [1.29, 1.82) is 0 Å². The summed E-state index contributed by atoms with van der Waals surface area (Å²) in [5.74, 6) is 0. The van der Waals surface area contributed by atoms with Gasteiger partial charge in [0.2, 0.25) is 0 Å². The number of para-hydroxylation sites is 1. The number of benzene rings is 2. The van der Waals surface area contributed by atoms with Crippen LogP contribution in [0.15, 0.2) is 59.5 Å². The SMILES string of the molecule is Cn1cc(-c2nc3ccccc3s2)c2ccccc2c1=O. The van der Waals surface area contributed by atoms with Gasteiger partial charge in [0, 0.05) is 24.2 Å². The Morgan fingerprint density at radius 1 is 1.00 bits per heavy atom. The van der Waals surface area contributed by atoms with Crippen LogP contribution in [0.3, 0.4) is 0 Å². The van der Waals surface area contributed by atoms with Crippen LogP contribution in [-0.4, -0.2) is 9.55 Å². The molecule has 2 aromatic carbocycles. The van der Waals surface area contributed by atoms with Gasteiger partial charge in [-0.05, 0) is 23.6 Å². The molecule has 4 aromatic rings. The Hall–Kier alpha value is -2.46. The second-order valence-corrected chi connectivity index (χ2v) is 6.02. The van der Waals surface area contributed by atoms with Crippen LogP contribution >= 0.6 is 11.3 Å². The summed E-state index contributed by atoms with van der Waals surface area (Å²) in [5.41, 5.74) is 2.03. The summed E-state index contributed by atoms with van der Waals surface area (Å²) in [5, 5.41) is 2.64. The lowest BCUT2D eigenvalue weighted by atomic mass is 10.1. The van der Waals surface area contributed by atoms with Gasteiger partial charge in [-0.3, -0.25) is 4.79 Å². The lowest BCUT2D eigenvalue weighted by Gasteiger charge is -2.06. The molecule has 102 valence electrons. The van der Waals surface area contributed by atoms with E-state index in [4.69, 9.17) is 4.98 Å². The van der Waals surface area contributed by atoms with Gasteiger partial charge in [-0.25, -0.2) is 4.98 Å². The predicted octanol–water partition coefficient (Wildman–Crippen LogP) is 3.82. The number of aromatic nitrogens is 2.